The molecule has 0 saturated heterocycles. The van der Waals surface area contributed by atoms with Gasteiger partial charge in [0.25, 0.3) is 0 Å². The molecule has 0 bridgehead atoms. The van der Waals surface area contributed by atoms with E-state index < -0.39 is 7.60 Å². The molecular formula is C26H29O3P. The van der Waals surface area contributed by atoms with Crippen LogP contribution in [0.1, 0.15) is 48.3 Å². The zero-order chi connectivity index (χ0) is 20.7. The maximum Gasteiger partial charge on any atom is 0.334 e. The Bertz CT molecular complexity index is 888. The first-order valence-corrected chi connectivity index (χ1v) is 12.4. The van der Waals surface area contributed by atoms with E-state index in [4.69, 9.17) is 9.05 Å². The van der Waals surface area contributed by atoms with Gasteiger partial charge < -0.3 is 9.05 Å². The zero-order valence-electron chi connectivity index (χ0n) is 17.2. The standard InChI is InChI=1S/C26H29O3P/c27-30(28-20-22-10-4-1-5-11-22,29-21-23-12-6-2-7-13-23)26-18-16-25(17-19-26)24-14-8-3-9-15-24/h1-15,25-26H,16-21H2. The zero-order valence-corrected chi connectivity index (χ0v) is 18.1. The third-order valence-corrected chi connectivity index (χ3v) is 8.31. The average Bonchev–Trinajstić information content (AvgIpc) is 2.83. The highest BCUT2D eigenvalue weighted by Gasteiger charge is 2.39. The van der Waals surface area contributed by atoms with Crippen molar-refractivity contribution >= 4 is 7.60 Å². The second-order valence-electron chi connectivity index (χ2n) is 7.97. The molecule has 0 unspecified atom stereocenters. The van der Waals surface area contributed by atoms with Crippen LogP contribution in [-0.2, 0) is 26.8 Å². The van der Waals surface area contributed by atoms with Crippen LogP contribution in [-0.4, -0.2) is 5.66 Å². The summed E-state index contributed by atoms with van der Waals surface area (Å²) in [7, 11) is -3.24. The fraction of sp³-hybridized carbons (Fsp3) is 0.308. The Morgan fingerprint density at radius 1 is 0.633 bits per heavy atom. The molecule has 0 aliphatic heterocycles. The summed E-state index contributed by atoms with van der Waals surface area (Å²) in [6.07, 6.45) is 3.75. The quantitative estimate of drug-likeness (QED) is 0.358. The van der Waals surface area contributed by atoms with Gasteiger partial charge in [0.1, 0.15) is 0 Å². The fourth-order valence-corrected chi connectivity index (χ4v) is 6.26. The molecule has 30 heavy (non-hydrogen) atoms. The number of hydrogen-bond donors (Lipinski definition) is 0. The van der Waals surface area contributed by atoms with E-state index >= 15 is 0 Å². The molecule has 0 N–H and O–H groups in total. The minimum Gasteiger partial charge on any atom is -0.304 e. The topological polar surface area (TPSA) is 35.5 Å². The summed E-state index contributed by atoms with van der Waals surface area (Å²) >= 11 is 0. The number of hydrogen-bond acceptors (Lipinski definition) is 3. The normalized spacial score (nSPS) is 19.5. The van der Waals surface area contributed by atoms with Crippen molar-refractivity contribution < 1.29 is 13.6 Å². The molecule has 0 radical (unpaired) electrons. The molecule has 4 heteroatoms. The largest absolute Gasteiger partial charge is 0.334 e. The van der Waals surface area contributed by atoms with E-state index in [1.807, 2.05) is 60.7 Å². The van der Waals surface area contributed by atoms with Crippen molar-refractivity contribution in [3.05, 3.63) is 108 Å². The summed E-state index contributed by atoms with van der Waals surface area (Å²) in [5.74, 6) is 0.527. The Morgan fingerprint density at radius 3 is 1.53 bits per heavy atom. The Labute approximate surface area is 179 Å². The van der Waals surface area contributed by atoms with Crippen LogP contribution in [0.2, 0.25) is 0 Å². The molecule has 1 aliphatic rings. The highest BCUT2D eigenvalue weighted by molar-refractivity contribution is 7.54. The van der Waals surface area contributed by atoms with E-state index in [-0.39, 0.29) is 5.66 Å². The summed E-state index contributed by atoms with van der Waals surface area (Å²) < 4.78 is 26.0. The first kappa shape index (κ1) is 21.1. The van der Waals surface area contributed by atoms with Crippen LogP contribution in [0.4, 0.5) is 0 Å². The van der Waals surface area contributed by atoms with Gasteiger partial charge in [-0.3, -0.25) is 4.57 Å². The van der Waals surface area contributed by atoms with Gasteiger partial charge in [0.15, 0.2) is 0 Å². The van der Waals surface area contributed by atoms with Crippen molar-refractivity contribution in [2.75, 3.05) is 0 Å². The van der Waals surface area contributed by atoms with Crippen LogP contribution < -0.4 is 0 Å². The summed E-state index contributed by atoms with van der Waals surface area (Å²) in [6.45, 7) is 0.622. The third-order valence-electron chi connectivity index (χ3n) is 5.92. The Hall–Kier alpha value is -2.19. The van der Waals surface area contributed by atoms with E-state index in [9.17, 15) is 4.57 Å². The van der Waals surface area contributed by atoms with E-state index in [2.05, 4.69) is 30.3 Å². The first-order chi connectivity index (χ1) is 14.7. The molecule has 0 amide bonds. The molecule has 0 heterocycles. The molecule has 0 spiro atoms. The SMILES string of the molecule is O=P(OCc1ccccc1)(OCc1ccccc1)C1CCC(c2ccccc2)CC1. The highest BCUT2D eigenvalue weighted by atomic mass is 31.2. The Morgan fingerprint density at radius 2 is 1.07 bits per heavy atom. The van der Waals surface area contributed by atoms with Crippen molar-refractivity contribution in [1.82, 2.24) is 0 Å². The van der Waals surface area contributed by atoms with Gasteiger partial charge in [-0.15, -0.1) is 0 Å². The predicted molar refractivity (Wildman–Crippen MR) is 122 cm³/mol. The van der Waals surface area contributed by atoms with Gasteiger partial charge in [-0.1, -0.05) is 91.0 Å². The van der Waals surface area contributed by atoms with E-state index in [0.717, 1.165) is 36.8 Å². The lowest BCUT2D eigenvalue weighted by Gasteiger charge is -2.33. The van der Waals surface area contributed by atoms with Gasteiger partial charge in [-0.25, -0.2) is 0 Å². The van der Waals surface area contributed by atoms with Crippen molar-refractivity contribution in [2.45, 2.75) is 50.5 Å². The molecular weight excluding hydrogens is 391 g/mol. The Balaban J connectivity index is 1.44. The smallest absolute Gasteiger partial charge is 0.304 e. The molecule has 0 atom stereocenters. The van der Waals surface area contributed by atoms with Crippen LogP contribution in [0.5, 0.6) is 0 Å². The van der Waals surface area contributed by atoms with Gasteiger partial charge in [-0.05, 0) is 48.3 Å². The third kappa shape index (κ3) is 5.49. The van der Waals surface area contributed by atoms with E-state index in [1.165, 1.54) is 5.56 Å². The predicted octanol–water partition coefficient (Wildman–Crippen LogP) is 7.34. The van der Waals surface area contributed by atoms with Crippen LogP contribution in [0.25, 0.3) is 0 Å². The molecule has 4 rings (SSSR count). The molecule has 3 nitrogen and oxygen atoms in total. The van der Waals surface area contributed by atoms with Crippen molar-refractivity contribution in [1.29, 1.82) is 0 Å². The summed E-state index contributed by atoms with van der Waals surface area (Å²) in [5.41, 5.74) is 3.35. The minimum atomic E-state index is -3.24. The lowest BCUT2D eigenvalue weighted by Crippen LogP contribution is -2.20. The number of rotatable bonds is 8. The van der Waals surface area contributed by atoms with Gasteiger partial charge in [-0.2, -0.15) is 0 Å². The Kier molecular flexibility index (Phi) is 7.17. The first-order valence-electron chi connectivity index (χ1n) is 10.7. The van der Waals surface area contributed by atoms with Gasteiger partial charge in [0.2, 0.25) is 0 Å². The molecule has 0 aromatic heterocycles. The van der Waals surface area contributed by atoms with Crippen LogP contribution >= 0.6 is 7.60 Å². The van der Waals surface area contributed by atoms with Gasteiger partial charge >= 0.3 is 7.60 Å². The molecule has 1 saturated carbocycles. The lowest BCUT2D eigenvalue weighted by molar-refractivity contribution is 0.177. The van der Waals surface area contributed by atoms with Gasteiger partial charge in [0.05, 0.1) is 18.9 Å². The molecule has 3 aromatic rings. The second-order valence-corrected chi connectivity index (χ2v) is 10.3. The van der Waals surface area contributed by atoms with E-state index in [1.54, 1.807) is 0 Å². The maximum atomic E-state index is 13.9. The minimum absolute atomic E-state index is 0.0510. The molecule has 1 aliphatic carbocycles. The number of benzene rings is 3. The van der Waals surface area contributed by atoms with Crippen molar-refractivity contribution in [3.8, 4) is 0 Å². The monoisotopic (exact) mass is 420 g/mol. The van der Waals surface area contributed by atoms with Gasteiger partial charge in [0, 0.05) is 0 Å². The van der Waals surface area contributed by atoms with Crippen LogP contribution in [0.15, 0.2) is 91.0 Å². The van der Waals surface area contributed by atoms with Crippen LogP contribution in [0, 0.1) is 0 Å². The average molecular weight is 420 g/mol. The lowest BCUT2D eigenvalue weighted by atomic mass is 9.84. The van der Waals surface area contributed by atoms with E-state index in [0.29, 0.717) is 19.1 Å². The molecule has 156 valence electrons. The van der Waals surface area contributed by atoms with Crippen LogP contribution in [0.3, 0.4) is 0 Å². The maximum absolute atomic E-state index is 13.9. The fourth-order valence-electron chi connectivity index (χ4n) is 4.18. The van der Waals surface area contributed by atoms with Crippen molar-refractivity contribution in [2.24, 2.45) is 0 Å². The summed E-state index contributed by atoms with van der Waals surface area (Å²) in [4.78, 5) is 0. The second kappa shape index (κ2) is 10.2. The molecule has 3 aromatic carbocycles. The highest BCUT2D eigenvalue weighted by Crippen LogP contribution is 2.59. The van der Waals surface area contributed by atoms with Crippen molar-refractivity contribution in [3.63, 3.8) is 0 Å². The summed E-state index contributed by atoms with van der Waals surface area (Å²) in [5, 5.41) is 0. The molecule has 1 fully saturated rings. The summed E-state index contributed by atoms with van der Waals surface area (Å²) in [6, 6.07) is 30.4.